The Balaban J connectivity index is 3.51. The van der Waals surface area contributed by atoms with Crippen LogP contribution in [0.3, 0.4) is 0 Å². The fraction of sp³-hybridized carbons (Fsp3) is 0.941. The van der Waals surface area contributed by atoms with Crippen molar-refractivity contribution >= 4 is 5.91 Å². The van der Waals surface area contributed by atoms with Crippen LogP contribution < -0.4 is 0 Å². The summed E-state index contributed by atoms with van der Waals surface area (Å²) in [5.41, 5.74) is 0. The van der Waals surface area contributed by atoms with Crippen molar-refractivity contribution < 1.29 is 4.79 Å². The van der Waals surface area contributed by atoms with Gasteiger partial charge in [-0.15, -0.1) is 0 Å². The van der Waals surface area contributed by atoms with Gasteiger partial charge in [-0.05, 0) is 12.8 Å². The van der Waals surface area contributed by atoms with Gasteiger partial charge < -0.3 is 0 Å². The normalized spacial score (nSPS) is 11.1. The molecule has 0 spiro atoms. The Kier molecular flexibility index (Phi) is 13.0. The van der Waals surface area contributed by atoms with Gasteiger partial charge in [0, 0.05) is 27.1 Å². The number of hydrogen-bond donors (Lipinski definition) is 0. The molecule has 1 amide bonds. The molecule has 0 saturated heterocycles. The molecule has 0 aliphatic rings. The fourth-order valence-electron chi connectivity index (χ4n) is 2.48. The molecule has 3 heteroatoms. The third-order valence-corrected chi connectivity index (χ3v) is 3.70. The molecule has 0 N–H and O–H groups in total. The van der Waals surface area contributed by atoms with Gasteiger partial charge in [0.1, 0.15) is 0 Å². The lowest BCUT2D eigenvalue weighted by atomic mass is 10.1. The average molecular weight is 284 g/mol. The van der Waals surface area contributed by atoms with E-state index in [1.165, 1.54) is 51.4 Å². The number of rotatable bonds is 13. The quantitative estimate of drug-likeness (QED) is 0.364. The number of unbranched alkanes of at least 4 members (excludes halogenated alkanes) is 8. The monoisotopic (exact) mass is 284 g/mol. The van der Waals surface area contributed by atoms with Gasteiger partial charge in [0.25, 0.3) is 0 Å². The molecular weight excluding hydrogens is 248 g/mol. The Morgan fingerprint density at radius 1 is 0.750 bits per heavy atom. The summed E-state index contributed by atoms with van der Waals surface area (Å²) in [5, 5.41) is 3.78. The SMILES string of the molecule is CCCCCCCCCCCC(=O)N(CCC)N(C)C. The smallest absolute Gasteiger partial charge is 0.236 e. The fourth-order valence-corrected chi connectivity index (χ4v) is 2.48. The van der Waals surface area contributed by atoms with Crippen LogP contribution in [-0.4, -0.2) is 36.6 Å². The number of hydrazine groups is 1. The van der Waals surface area contributed by atoms with Gasteiger partial charge in [0.05, 0.1) is 0 Å². The Labute approximate surface area is 126 Å². The first-order valence-corrected chi connectivity index (χ1v) is 8.61. The standard InChI is InChI=1S/C17H36N2O/c1-5-7-8-9-10-11-12-13-14-15-17(20)19(16-6-2)18(3)4/h5-16H2,1-4H3. The van der Waals surface area contributed by atoms with Gasteiger partial charge in [-0.3, -0.25) is 9.80 Å². The van der Waals surface area contributed by atoms with Crippen molar-refractivity contribution in [2.24, 2.45) is 0 Å². The summed E-state index contributed by atoms with van der Waals surface area (Å²) >= 11 is 0. The minimum absolute atomic E-state index is 0.278. The Morgan fingerprint density at radius 2 is 1.25 bits per heavy atom. The topological polar surface area (TPSA) is 23.6 Å². The molecule has 0 aromatic carbocycles. The lowest BCUT2D eigenvalue weighted by Crippen LogP contribution is -2.42. The second kappa shape index (κ2) is 13.4. The van der Waals surface area contributed by atoms with Gasteiger partial charge in [0.2, 0.25) is 5.91 Å². The average Bonchev–Trinajstić information content (AvgIpc) is 2.42. The molecule has 0 unspecified atom stereocenters. The first-order valence-electron chi connectivity index (χ1n) is 8.61. The first kappa shape index (κ1) is 19.4. The highest BCUT2D eigenvalue weighted by Crippen LogP contribution is 2.11. The van der Waals surface area contributed by atoms with Crippen LogP contribution in [0.4, 0.5) is 0 Å². The van der Waals surface area contributed by atoms with E-state index in [4.69, 9.17) is 0 Å². The molecule has 0 aromatic rings. The lowest BCUT2D eigenvalue weighted by Gasteiger charge is -2.28. The van der Waals surface area contributed by atoms with Crippen LogP contribution in [0, 0.1) is 0 Å². The third kappa shape index (κ3) is 10.2. The molecule has 0 atom stereocenters. The van der Waals surface area contributed by atoms with E-state index in [0.717, 1.165) is 19.4 Å². The minimum Gasteiger partial charge on any atom is -0.276 e. The van der Waals surface area contributed by atoms with Crippen molar-refractivity contribution in [3.8, 4) is 0 Å². The van der Waals surface area contributed by atoms with Gasteiger partial charge >= 0.3 is 0 Å². The van der Waals surface area contributed by atoms with E-state index in [2.05, 4.69) is 13.8 Å². The van der Waals surface area contributed by atoms with Gasteiger partial charge in [0.15, 0.2) is 0 Å². The molecule has 0 aliphatic heterocycles. The maximum absolute atomic E-state index is 12.1. The third-order valence-electron chi connectivity index (χ3n) is 3.70. The summed E-state index contributed by atoms with van der Waals surface area (Å²) in [7, 11) is 3.90. The molecule has 0 rings (SSSR count). The highest BCUT2D eigenvalue weighted by Gasteiger charge is 2.13. The van der Waals surface area contributed by atoms with Crippen LogP contribution in [-0.2, 0) is 4.79 Å². The van der Waals surface area contributed by atoms with Crippen molar-refractivity contribution in [3.05, 3.63) is 0 Å². The van der Waals surface area contributed by atoms with Crippen molar-refractivity contribution in [2.45, 2.75) is 84.5 Å². The molecule has 3 nitrogen and oxygen atoms in total. The van der Waals surface area contributed by atoms with E-state index in [9.17, 15) is 4.79 Å². The minimum atomic E-state index is 0.278. The first-order chi connectivity index (χ1) is 9.63. The summed E-state index contributed by atoms with van der Waals surface area (Å²) in [6.45, 7) is 5.21. The highest BCUT2D eigenvalue weighted by atomic mass is 16.2. The van der Waals surface area contributed by atoms with Crippen LogP contribution >= 0.6 is 0 Å². The lowest BCUT2D eigenvalue weighted by molar-refractivity contribution is -0.144. The van der Waals surface area contributed by atoms with Crippen LogP contribution in [0.15, 0.2) is 0 Å². The summed E-state index contributed by atoms with van der Waals surface area (Å²) in [6, 6.07) is 0. The van der Waals surface area contributed by atoms with E-state index in [1.807, 2.05) is 24.1 Å². The van der Waals surface area contributed by atoms with Crippen molar-refractivity contribution in [1.29, 1.82) is 0 Å². The predicted octanol–water partition coefficient (Wildman–Crippen LogP) is 4.62. The molecule has 0 fully saturated rings. The van der Waals surface area contributed by atoms with Crippen molar-refractivity contribution in [3.63, 3.8) is 0 Å². The highest BCUT2D eigenvalue weighted by molar-refractivity contribution is 5.75. The molecule has 0 radical (unpaired) electrons. The van der Waals surface area contributed by atoms with Gasteiger partial charge in [-0.2, -0.15) is 0 Å². The molecular formula is C17H36N2O. The van der Waals surface area contributed by atoms with Crippen LogP contribution in [0.2, 0.25) is 0 Å². The summed E-state index contributed by atoms with van der Waals surface area (Å²) in [6.07, 6.45) is 13.4. The number of nitrogens with zero attached hydrogens (tertiary/aromatic N) is 2. The number of carbonyl (C=O) groups is 1. The zero-order valence-corrected chi connectivity index (χ0v) is 14.3. The largest absolute Gasteiger partial charge is 0.276 e. The van der Waals surface area contributed by atoms with E-state index in [0.29, 0.717) is 6.42 Å². The molecule has 0 aliphatic carbocycles. The molecule has 0 aromatic heterocycles. The maximum Gasteiger partial charge on any atom is 0.236 e. The van der Waals surface area contributed by atoms with Crippen molar-refractivity contribution in [2.75, 3.05) is 20.6 Å². The number of carbonyl (C=O) groups excluding carboxylic acids is 1. The van der Waals surface area contributed by atoms with Gasteiger partial charge in [-0.1, -0.05) is 65.2 Å². The Bertz CT molecular complexity index is 229. The molecule has 0 saturated carbocycles. The van der Waals surface area contributed by atoms with Crippen LogP contribution in [0.1, 0.15) is 84.5 Å². The number of hydrogen-bond acceptors (Lipinski definition) is 2. The molecule has 120 valence electrons. The second-order valence-corrected chi connectivity index (χ2v) is 5.94. The summed E-state index contributed by atoms with van der Waals surface area (Å²) in [5.74, 6) is 0.278. The molecule has 0 bridgehead atoms. The van der Waals surface area contributed by atoms with Crippen LogP contribution in [0.5, 0.6) is 0 Å². The second-order valence-electron chi connectivity index (χ2n) is 5.94. The molecule has 20 heavy (non-hydrogen) atoms. The van der Waals surface area contributed by atoms with Crippen molar-refractivity contribution in [1.82, 2.24) is 10.0 Å². The van der Waals surface area contributed by atoms with E-state index in [-0.39, 0.29) is 5.91 Å². The summed E-state index contributed by atoms with van der Waals surface area (Å²) in [4.78, 5) is 12.1. The zero-order chi connectivity index (χ0) is 15.2. The Hall–Kier alpha value is -0.570. The number of amides is 1. The molecule has 0 heterocycles. The Morgan fingerprint density at radius 3 is 1.70 bits per heavy atom. The summed E-state index contributed by atoms with van der Waals surface area (Å²) < 4.78 is 0. The van der Waals surface area contributed by atoms with Gasteiger partial charge in [-0.25, -0.2) is 5.01 Å². The van der Waals surface area contributed by atoms with Crippen LogP contribution in [0.25, 0.3) is 0 Å². The predicted molar refractivity (Wildman–Crippen MR) is 87.5 cm³/mol. The maximum atomic E-state index is 12.1. The van der Waals surface area contributed by atoms with E-state index < -0.39 is 0 Å². The van der Waals surface area contributed by atoms with E-state index in [1.54, 1.807) is 0 Å². The zero-order valence-electron chi connectivity index (χ0n) is 14.3. The van der Waals surface area contributed by atoms with E-state index >= 15 is 0 Å².